The molecule has 1 amide bonds. The number of anilines is 1. The summed E-state index contributed by atoms with van der Waals surface area (Å²) in [6.45, 7) is 6.02. The predicted octanol–water partition coefficient (Wildman–Crippen LogP) is 2.67. The van der Waals surface area contributed by atoms with Gasteiger partial charge >= 0.3 is 0 Å². The second-order valence-electron chi connectivity index (χ2n) is 6.74. The molecule has 0 aromatic heterocycles. The number of hydrogen-bond acceptors (Lipinski definition) is 3. The number of amides is 1. The first-order valence-corrected chi connectivity index (χ1v) is 8.43. The van der Waals surface area contributed by atoms with Crippen molar-refractivity contribution in [1.82, 2.24) is 4.90 Å². The van der Waals surface area contributed by atoms with Gasteiger partial charge in [0.2, 0.25) is 5.91 Å². The number of rotatable bonds is 4. The number of carbonyl (C=O) groups excluding carboxylic acids is 1. The molecule has 2 atom stereocenters. The molecule has 24 heavy (non-hydrogen) atoms. The van der Waals surface area contributed by atoms with Crippen LogP contribution in [0.4, 0.5) is 5.69 Å². The molecule has 0 spiro atoms. The quantitative estimate of drug-likeness (QED) is 0.909. The van der Waals surface area contributed by atoms with Crippen molar-refractivity contribution in [3.05, 3.63) is 65.2 Å². The van der Waals surface area contributed by atoms with Crippen molar-refractivity contribution in [3.63, 3.8) is 0 Å². The molecule has 2 aromatic carbocycles. The number of carbonyl (C=O) groups is 1. The third kappa shape index (κ3) is 3.83. The van der Waals surface area contributed by atoms with E-state index in [1.165, 1.54) is 11.1 Å². The maximum atomic E-state index is 12.4. The highest BCUT2D eigenvalue weighted by Crippen LogP contribution is 2.26. The predicted molar refractivity (Wildman–Crippen MR) is 98.1 cm³/mol. The highest BCUT2D eigenvalue weighted by molar-refractivity contribution is 5.93. The molecule has 4 nitrogen and oxygen atoms in total. The molecule has 1 saturated heterocycles. The Morgan fingerprint density at radius 2 is 1.92 bits per heavy atom. The van der Waals surface area contributed by atoms with Gasteiger partial charge in [0.05, 0.1) is 6.54 Å². The van der Waals surface area contributed by atoms with E-state index in [-0.39, 0.29) is 11.9 Å². The molecule has 4 heteroatoms. The van der Waals surface area contributed by atoms with Crippen LogP contribution in [0.5, 0.6) is 0 Å². The van der Waals surface area contributed by atoms with Gasteiger partial charge in [-0.3, -0.25) is 9.69 Å². The van der Waals surface area contributed by atoms with E-state index in [2.05, 4.69) is 28.4 Å². The Morgan fingerprint density at radius 1 is 1.17 bits per heavy atom. The second kappa shape index (κ2) is 7.16. The number of hydrogen-bond donors (Lipinski definition) is 2. The smallest absolute Gasteiger partial charge is 0.238 e. The summed E-state index contributed by atoms with van der Waals surface area (Å²) in [6, 6.07) is 16.4. The minimum atomic E-state index is 0.0165. The average Bonchev–Trinajstić information content (AvgIpc) is 2.91. The number of aryl methyl sites for hydroxylation is 2. The molecule has 3 rings (SSSR count). The second-order valence-corrected chi connectivity index (χ2v) is 6.74. The number of nitrogens with one attached hydrogen (secondary N) is 1. The minimum absolute atomic E-state index is 0.0165. The first-order valence-electron chi connectivity index (χ1n) is 8.43. The molecule has 126 valence electrons. The van der Waals surface area contributed by atoms with Crippen LogP contribution in [0.3, 0.4) is 0 Å². The molecular formula is C20H25N3O. The van der Waals surface area contributed by atoms with Crippen LogP contribution in [0.25, 0.3) is 0 Å². The Hall–Kier alpha value is -2.17. The SMILES string of the molecule is Cc1ccc(NC(=O)CN2C[C@@H](N)[C@H](c3ccccc3)C2)c(C)c1. The van der Waals surface area contributed by atoms with Gasteiger partial charge in [0, 0.05) is 30.7 Å². The largest absolute Gasteiger partial charge is 0.326 e. The Kier molecular flexibility index (Phi) is 4.97. The number of benzene rings is 2. The van der Waals surface area contributed by atoms with Gasteiger partial charge in [-0.2, -0.15) is 0 Å². The Bertz CT molecular complexity index is 714. The van der Waals surface area contributed by atoms with Crippen molar-refractivity contribution in [2.75, 3.05) is 25.0 Å². The maximum Gasteiger partial charge on any atom is 0.238 e. The normalized spacial score (nSPS) is 21.0. The lowest BCUT2D eigenvalue weighted by Crippen LogP contribution is -2.33. The van der Waals surface area contributed by atoms with Gasteiger partial charge in [0.1, 0.15) is 0 Å². The lowest BCUT2D eigenvalue weighted by Gasteiger charge is -2.16. The van der Waals surface area contributed by atoms with Gasteiger partial charge in [-0.25, -0.2) is 0 Å². The van der Waals surface area contributed by atoms with Gasteiger partial charge in [-0.1, -0.05) is 48.0 Å². The number of likely N-dealkylation sites (tertiary alicyclic amines) is 1. The standard InChI is InChI=1S/C20H25N3O/c1-14-8-9-19(15(2)10-14)22-20(24)13-23-11-17(18(21)12-23)16-6-4-3-5-7-16/h3-10,17-18H,11-13,21H2,1-2H3,(H,22,24)/t17-,18+/m0/s1. The zero-order valence-corrected chi connectivity index (χ0v) is 14.3. The van der Waals surface area contributed by atoms with Crippen LogP contribution in [0.1, 0.15) is 22.6 Å². The highest BCUT2D eigenvalue weighted by Gasteiger charge is 2.31. The van der Waals surface area contributed by atoms with E-state index in [1.807, 2.05) is 44.2 Å². The monoisotopic (exact) mass is 323 g/mol. The third-order valence-corrected chi connectivity index (χ3v) is 4.69. The molecule has 0 unspecified atom stereocenters. The first-order chi connectivity index (χ1) is 11.5. The lowest BCUT2D eigenvalue weighted by atomic mass is 9.95. The summed E-state index contributed by atoms with van der Waals surface area (Å²) < 4.78 is 0. The average molecular weight is 323 g/mol. The summed E-state index contributed by atoms with van der Waals surface area (Å²) in [6.07, 6.45) is 0. The fourth-order valence-electron chi connectivity index (χ4n) is 3.44. The van der Waals surface area contributed by atoms with Crippen LogP contribution in [0, 0.1) is 13.8 Å². The molecule has 1 heterocycles. The topological polar surface area (TPSA) is 58.4 Å². The molecule has 0 radical (unpaired) electrons. The Morgan fingerprint density at radius 3 is 2.62 bits per heavy atom. The number of nitrogens with two attached hydrogens (primary N) is 1. The van der Waals surface area contributed by atoms with Gasteiger partial charge in [0.25, 0.3) is 0 Å². The molecule has 1 aliphatic heterocycles. The zero-order valence-electron chi connectivity index (χ0n) is 14.3. The fraction of sp³-hybridized carbons (Fsp3) is 0.350. The van der Waals surface area contributed by atoms with E-state index in [9.17, 15) is 4.79 Å². The van der Waals surface area contributed by atoms with Crippen LogP contribution in [-0.4, -0.2) is 36.5 Å². The van der Waals surface area contributed by atoms with Gasteiger partial charge in [-0.15, -0.1) is 0 Å². The summed E-state index contributed by atoms with van der Waals surface area (Å²) >= 11 is 0. The highest BCUT2D eigenvalue weighted by atomic mass is 16.2. The van der Waals surface area contributed by atoms with Crippen LogP contribution in [-0.2, 0) is 4.79 Å². The molecule has 0 bridgehead atoms. The van der Waals surface area contributed by atoms with Crippen LogP contribution in [0.15, 0.2) is 48.5 Å². The molecule has 1 aliphatic rings. The summed E-state index contributed by atoms with van der Waals surface area (Å²) in [5.74, 6) is 0.308. The van der Waals surface area contributed by atoms with Gasteiger partial charge < -0.3 is 11.1 Å². The molecular weight excluding hydrogens is 298 g/mol. The van der Waals surface area contributed by atoms with Crippen molar-refractivity contribution < 1.29 is 4.79 Å². The van der Waals surface area contributed by atoms with Crippen molar-refractivity contribution in [1.29, 1.82) is 0 Å². The molecule has 3 N–H and O–H groups in total. The molecule has 0 saturated carbocycles. The van der Waals surface area contributed by atoms with Gasteiger partial charge in [-0.05, 0) is 31.0 Å². The van der Waals surface area contributed by atoms with E-state index >= 15 is 0 Å². The van der Waals surface area contributed by atoms with E-state index in [4.69, 9.17) is 5.73 Å². The van der Waals surface area contributed by atoms with Crippen molar-refractivity contribution in [2.45, 2.75) is 25.8 Å². The van der Waals surface area contributed by atoms with Crippen molar-refractivity contribution in [3.8, 4) is 0 Å². The summed E-state index contributed by atoms with van der Waals surface area (Å²) in [5.41, 5.74) is 10.7. The summed E-state index contributed by atoms with van der Waals surface area (Å²) in [5, 5.41) is 3.01. The van der Waals surface area contributed by atoms with Crippen LogP contribution in [0.2, 0.25) is 0 Å². The van der Waals surface area contributed by atoms with E-state index in [1.54, 1.807) is 0 Å². The van der Waals surface area contributed by atoms with E-state index < -0.39 is 0 Å². The molecule has 0 aliphatic carbocycles. The molecule has 1 fully saturated rings. The lowest BCUT2D eigenvalue weighted by molar-refractivity contribution is -0.117. The van der Waals surface area contributed by atoms with Gasteiger partial charge in [0.15, 0.2) is 0 Å². The summed E-state index contributed by atoms with van der Waals surface area (Å²) in [4.78, 5) is 14.5. The Labute approximate surface area is 143 Å². The zero-order chi connectivity index (χ0) is 17.1. The number of nitrogens with zero attached hydrogens (tertiary/aromatic N) is 1. The molecule has 2 aromatic rings. The van der Waals surface area contributed by atoms with E-state index in [0.29, 0.717) is 12.5 Å². The van der Waals surface area contributed by atoms with Crippen LogP contribution < -0.4 is 11.1 Å². The first kappa shape index (κ1) is 16.7. The van der Waals surface area contributed by atoms with Crippen LogP contribution >= 0.6 is 0 Å². The van der Waals surface area contributed by atoms with E-state index in [0.717, 1.165) is 24.3 Å². The summed E-state index contributed by atoms with van der Waals surface area (Å²) in [7, 11) is 0. The Balaban J connectivity index is 1.59. The third-order valence-electron chi connectivity index (χ3n) is 4.69. The fourth-order valence-corrected chi connectivity index (χ4v) is 3.44. The minimum Gasteiger partial charge on any atom is -0.326 e. The van der Waals surface area contributed by atoms with Crippen molar-refractivity contribution in [2.24, 2.45) is 5.73 Å². The van der Waals surface area contributed by atoms with Crippen molar-refractivity contribution >= 4 is 11.6 Å². The maximum absolute atomic E-state index is 12.4.